The van der Waals surface area contributed by atoms with E-state index in [0.29, 0.717) is 17.5 Å². The Bertz CT molecular complexity index is 830. The predicted octanol–water partition coefficient (Wildman–Crippen LogP) is 1.52. The summed E-state index contributed by atoms with van der Waals surface area (Å²) in [6, 6.07) is 3.88. The summed E-state index contributed by atoms with van der Waals surface area (Å²) < 4.78 is 6.96. The second-order valence-electron chi connectivity index (χ2n) is 4.62. The number of aliphatic hydroxyl groups excluding tert-OH is 1. The molecule has 0 amide bonds. The van der Waals surface area contributed by atoms with E-state index >= 15 is 0 Å². The number of hydrogen-bond acceptors (Lipinski definition) is 4. The van der Waals surface area contributed by atoms with Crippen LogP contribution < -0.4 is 5.63 Å². The fourth-order valence-electron chi connectivity index (χ4n) is 2.49. The summed E-state index contributed by atoms with van der Waals surface area (Å²) in [5.74, 6) is 0. The van der Waals surface area contributed by atoms with Crippen LogP contribution in [0.15, 0.2) is 27.5 Å². The van der Waals surface area contributed by atoms with Gasteiger partial charge in [-0.3, -0.25) is 4.68 Å². The molecule has 1 aromatic carbocycles. The molecule has 0 fully saturated rings. The maximum Gasteiger partial charge on any atom is 0.362 e. The third-order valence-electron chi connectivity index (χ3n) is 3.52. The Morgan fingerprint density at radius 2 is 2.16 bits per heavy atom. The molecule has 2 heterocycles. The first-order chi connectivity index (χ1) is 9.13. The number of fused-ring (bicyclic) bond motifs is 3. The van der Waals surface area contributed by atoms with Crippen molar-refractivity contribution in [3.8, 4) is 0 Å². The number of aliphatic hydroxyl groups is 1. The molecule has 0 aliphatic rings. The monoisotopic (exact) mass is 258 g/mol. The molecule has 0 saturated carbocycles. The van der Waals surface area contributed by atoms with Crippen molar-refractivity contribution < 1.29 is 9.52 Å². The first kappa shape index (κ1) is 11.9. The summed E-state index contributed by atoms with van der Waals surface area (Å²) in [4.78, 5) is 12.0. The van der Waals surface area contributed by atoms with E-state index < -0.39 is 0 Å². The van der Waals surface area contributed by atoms with Crippen molar-refractivity contribution in [3.63, 3.8) is 0 Å². The number of benzene rings is 1. The Balaban J connectivity index is 2.46. The fourth-order valence-corrected chi connectivity index (χ4v) is 2.49. The van der Waals surface area contributed by atoms with Crippen LogP contribution in [0.1, 0.15) is 11.1 Å². The van der Waals surface area contributed by atoms with Gasteiger partial charge < -0.3 is 9.52 Å². The fraction of sp³-hybridized carbons (Fsp3) is 0.286. The highest BCUT2D eigenvalue weighted by Gasteiger charge is 2.14. The van der Waals surface area contributed by atoms with Crippen molar-refractivity contribution in [2.45, 2.75) is 13.3 Å². The van der Waals surface area contributed by atoms with Gasteiger partial charge in [0.15, 0.2) is 5.52 Å². The Morgan fingerprint density at radius 3 is 2.89 bits per heavy atom. The van der Waals surface area contributed by atoms with Gasteiger partial charge in [-0.1, -0.05) is 12.1 Å². The molecule has 0 aliphatic carbocycles. The highest BCUT2D eigenvalue weighted by atomic mass is 16.4. The third-order valence-corrected chi connectivity index (χ3v) is 3.52. The molecule has 0 saturated heterocycles. The minimum absolute atomic E-state index is 0.0751. The molecule has 1 N–H and O–H groups in total. The van der Waals surface area contributed by atoms with E-state index in [9.17, 15) is 4.79 Å². The average Bonchev–Trinajstić information content (AvgIpc) is 2.77. The average molecular weight is 258 g/mol. The summed E-state index contributed by atoms with van der Waals surface area (Å²) in [6.07, 6.45) is 2.23. The number of rotatable bonds is 2. The van der Waals surface area contributed by atoms with Gasteiger partial charge in [-0.15, -0.1) is 0 Å². The van der Waals surface area contributed by atoms with Gasteiger partial charge in [0.1, 0.15) is 5.58 Å². The lowest BCUT2D eigenvalue weighted by molar-refractivity contribution is 0.299. The molecule has 98 valence electrons. The van der Waals surface area contributed by atoms with Gasteiger partial charge in [0.25, 0.3) is 0 Å². The minimum Gasteiger partial charge on any atom is -0.421 e. The molecule has 3 aromatic rings. The summed E-state index contributed by atoms with van der Waals surface area (Å²) in [5.41, 5.74) is 2.56. The van der Waals surface area contributed by atoms with Crippen LogP contribution in [0.4, 0.5) is 0 Å². The van der Waals surface area contributed by atoms with Crippen molar-refractivity contribution in [1.82, 2.24) is 9.78 Å². The van der Waals surface area contributed by atoms with Crippen molar-refractivity contribution in [2.24, 2.45) is 7.05 Å². The van der Waals surface area contributed by atoms with Crippen LogP contribution in [0.25, 0.3) is 21.9 Å². The van der Waals surface area contributed by atoms with Gasteiger partial charge in [0, 0.05) is 24.4 Å². The molecule has 0 atom stereocenters. The molecular formula is C14H14N2O3. The standard InChI is InChI=1S/C14H14N2O3/c1-8-9(5-6-17)3-4-10-11-7-15-16(2)12(11)14(18)19-13(8)10/h3-4,7,17H,5-6H2,1-2H3. The highest BCUT2D eigenvalue weighted by molar-refractivity contribution is 6.03. The zero-order valence-electron chi connectivity index (χ0n) is 10.8. The molecule has 5 heteroatoms. The van der Waals surface area contributed by atoms with Crippen LogP contribution in [0.5, 0.6) is 0 Å². The summed E-state index contributed by atoms with van der Waals surface area (Å²) in [5, 5.41) is 14.8. The summed E-state index contributed by atoms with van der Waals surface area (Å²) >= 11 is 0. The van der Waals surface area contributed by atoms with Gasteiger partial charge >= 0.3 is 5.63 Å². The Kier molecular flexibility index (Phi) is 2.64. The smallest absolute Gasteiger partial charge is 0.362 e. The minimum atomic E-state index is -0.383. The maximum atomic E-state index is 12.0. The van der Waals surface area contributed by atoms with E-state index in [2.05, 4.69) is 5.10 Å². The Hall–Kier alpha value is -2.14. The second kappa shape index (κ2) is 4.20. The lowest BCUT2D eigenvalue weighted by Gasteiger charge is -2.07. The zero-order valence-corrected chi connectivity index (χ0v) is 10.8. The Morgan fingerprint density at radius 1 is 1.37 bits per heavy atom. The number of nitrogens with zero attached hydrogens (tertiary/aromatic N) is 2. The normalized spacial score (nSPS) is 11.5. The molecule has 0 aliphatic heterocycles. The molecule has 0 bridgehead atoms. The quantitative estimate of drug-likeness (QED) is 0.708. The largest absolute Gasteiger partial charge is 0.421 e. The van der Waals surface area contributed by atoms with Crippen molar-refractivity contribution in [3.05, 3.63) is 39.9 Å². The van der Waals surface area contributed by atoms with Crippen LogP contribution in [0.3, 0.4) is 0 Å². The van der Waals surface area contributed by atoms with Crippen LogP contribution in [-0.4, -0.2) is 21.5 Å². The lowest BCUT2D eigenvalue weighted by Crippen LogP contribution is -2.06. The van der Waals surface area contributed by atoms with Crippen LogP contribution >= 0.6 is 0 Å². The van der Waals surface area contributed by atoms with E-state index in [4.69, 9.17) is 9.52 Å². The maximum absolute atomic E-state index is 12.0. The number of aryl methyl sites for hydroxylation is 2. The molecular weight excluding hydrogens is 244 g/mol. The first-order valence-corrected chi connectivity index (χ1v) is 6.11. The molecule has 0 unspecified atom stereocenters. The molecule has 2 aromatic heterocycles. The van der Waals surface area contributed by atoms with Crippen molar-refractivity contribution >= 4 is 21.9 Å². The predicted molar refractivity (Wildman–Crippen MR) is 72.3 cm³/mol. The van der Waals surface area contributed by atoms with E-state index in [1.807, 2.05) is 19.1 Å². The van der Waals surface area contributed by atoms with E-state index in [-0.39, 0.29) is 12.2 Å². The third kappa shape index (κ3) is 1.66. The molecule has 3 rings (SSSR count). The summed E-state index contributed by atoms with van der Waals surface area (Å²) in [6.45, 7) is 1.98. The van der Waals surface area contributed by atoms with Crippen LogP contribution in [0.2, 0.25) is 0 Å². The van der Waals surface area contributed by atoms with Crippen LogP contribution in [0, 0.1) is 6.92 Å². The van der Waals surface area contributed by atoms with Gasteiger partial charge in [0.2, 0.25) is 0 Å². The Labute approximate surface area is 109 Å². The molecule has 19 heavy (non-hydrogen) atoms. The van der Waals surface area contributed by atoms with Gasteiger partial charge in [-0.25, -0.2) is 4.79 Å². The molecule has 0 radical (unpaired) electrons. The zero-order chi connectivity index (χ0) is 13.6. The SMILES string of the molecule is Cc1c(CCO)ccc2c1oc(=O)c1c2cnn1C. The number of hydrogen-bond donors (Lipinski definition) is 1. The first-order valence-electron chi connectivity index (χ1n) is 6.11. The van der Waals surface area contributed by atoms with Gasteiger partial charge in [0.05, 0.1) is 6.20 Å². The van der Waals surface area contributed by atoms with E-state index in [1.165, 1.54) is 4.68 Å². The van der Waals surface area contributed by atoms with Crippen LogP contribution in [-0.2, 0) is 13.5 Å². The highest BCUT2D eigenvalue weighted by Crippen LogP contribution is 2.26. The van der Waals surface area contributed by atoms with Crippen molar-refractivity contribution in [2.75, 3.05) is 6.61 Å². The summed E-state index contributed by atoms with van der Waals surface area (Å²) in [7, 11) is 1.72. The number of aromatic nitrogens is 2. The lowest BCUT2D eigenvalue weighted by atomic mass is 10.0. The molecule has 0 spiro atoms. The van der Waals surface area contributed by atoms with E-state index in [1.54, 1.807) is 13.2 Å². The van der Waals surface area contributed by atoms with E-state index in [0.717, 1.165) is 21.9 Å². The molecule has 5 nitrogen and oxygen atoms in total. The topological polar surface area (TPSA) is 68.3 Å². The van der Waals surface area contributed by atoms with Crippen molar-refractivity contribution in [1.29, 1.82) is 0 Å². The van der Waals surface area contributed by atoms with Gasteiger partial charge in [-0.05, 0) is 24.5 Å². The second-order valence-corrected chi connectivity index (χ2v) is 4.62. The van der Waals surface area contributed by atoms with Gasteiger partial charge in [-0.2, -0.15) is 5.10 Å².